The quantitative estimate of drug-likeness (QED) is 0.766. The predicted molar refractivity (Wildman–Crippen MR) is 76.9 cm³/mol. The summed E-state index contributed by atoms with van der Waals surface area (Å²) in [5.41, 5.74) is 1.01. The van der Waals surface area contributed by atoms with Gasteiger partial charge in [0.1, 0.15) is 6.10 Å². The van der Waals surface area contributed by atoms with Crippen LogP contribution < -0.4 is 5.32 Å². The molecule has 110 valence electrons. The van der Waals surface area contributed by atoms with E-state index in [0.29, 0.717) is 0 Å². The smallest absolute Gasteiger partial charge is 0.249 e. The molecule has 0 bridgehead atoms. The number of rotatable bonds is 5. The van der Waals surface area contributed by atoms with Gasteiger partial charge in [-0.25, -0.2) is 0 Å². The fourth-order valence-corrected chi connectivity index (χ4v) is 3.03. The molecule has 4 heteroatoms. The molecule has 1 aliphatic rings. The fraction of sp³-hybridized carbons (Fsp3) is 0.562. The third-order valence-electron chi connectivity index (χ3n) is 4.28. The van der Waals surface area contributed by atoms with Crippen molar-refractivity contribution in [2.24, 2.45) is 11.8 Å². The Balaban J connectivity index is 1.94. The third-order valence-corrected chi connectivity index (χ3v) is 4.28. The van der Waals surface area contributed by atoms with Gasteiger partial charge in [0.05, 0.1) is 6.04 Å². The molecule has 2 rings (SSSR count). The van der Waals surface area contributed by atoms with Crippen LogP contribution in [0.1, 0.15) is 37.8 Å². The summed E-state index contributed by atoms with van der Waals surface area (Å²) in [6.45, 7) is 1.95. The summed E-state index contributed by atoms with van der Waals surface area (Å²) >= 11 is 0. The van der Waals surface area contributed by atoms with Crippen molar-refractivity contribution in [2.45, 2.75) is 38.3 Å². The Hall–Kier alpha value is -1.39. The molecule has 1 fully saturated rings. The summed E-state index contributed by atoms with van der Waals surface area (Å²) in [5, 5.41) is 22.3. The molecule has 4 atom stereocenters. The van der Waals surface area contributed by atoms with E-state index in [1.54, 1.807) is 0 Å². The number of aliphatic hydroxyl groups is 2. The van der Waals surface area contributed by atoms with Gasteiger partial charge in [-0.05, 0) is 37.2 Å². The SMILES string of the molecule is C[C@H](NC(=O)[C@H](O)[C@H]1CCC[C@H]1CO)c1ccccc1. The van der Waals surface area contributed by atoms with E-state index in [1.807, 2.05) is 37.3 Å². The highest BCUT2D eigenvalue weighted by atomic mass is 16.3. The topological polar surface area (TPSA) is 69.6 Å². The Morgan fingerprint density at radius 3 is 2.70 bits per heavy atom. The fourth-order valence-electron chi connectivity index (χ4n) is 3.03. The second-order valence-corrected chi connectivity index (χ2v) is 5.62. The van der Waals surface area contributed by atoms with Gasteiger partial charge in [-0.3, -0.25) is 4.79 Å². The number of carbonyl (C=O) groups is 1. The average molecular weight is 277 g/mol. The van der Waals surface area contributed by atoms with Gasteiger partial charge in [-0.2, -0.15) is 0 Å². The lowest BCUT2D eigenvalue weighted by Crippen LogP contribution is -2.42. The monoisotopic (exact) mass is 277 g/mol. The van der Waals surface area contributed by atoms with E-state index in [4.69, 9.17) is 0 Å². The molecule has 0 radical (unpaired) electrons. The van der Waals surface area contributed by atoms with E-state index in [-0.39, 0.29) is 30.4 Å². The lowest BCUT2D eigenvalue weighted by Gasteiger charge is -2.24. The average Bonchev–Trinajstić information content (AvgIpc) is 2.95. The molecule has 0 spiro atoms. The van der Waals surface area contributed by atoms with Gasteiger partial charge in [0.15, 0.2) is 0 Å². The molecule has 1 aliphatic carbocycles. The van der Waals surface area contributed by atoms with Gasteiger partial charge in [-0.1, -0.05) is 36.8 Å². The number of carbonyl (C=O) groups excluding carboxylic acids is 1. The molecule has 0 aromatic heterocycles. The van der Waals surface area contributed by atoms with Crippen LogP contribution in [0.15, 0.2) is 30.3 Å². The molecule has 0 heterocycles. The van der Waals surface area contributed by atoms with Crippen molar-refractivity contribution in [2.75, 3.05) is 6.61 Å². The van der Waals surface area contributed by atoms with E-state index < -0.39 is 6.10 Å². The van der Waals surface area contributed by atoms with Gasteiger partial charge in [0, 0.05) is 6.61 Å². The summed E-state index contributed by atoms with van der Waals surface area (Å²) < 4.78 is 0. The minimum atomic E-state index is -1.03. The number of benzene rings is 1. The summed E-state index contributed by atoms with van der Waals surface area (Å²) in [6, 6.07) is 9.54. The number of hydrogen-bond donors (Lipinski definition) is 3. The first-order valence-electron chi connectivity index (χ1n) is 7.27. The van der Waals surface area contributed by atoms with Crippen molar-refractivity contribution in [1.82, 2.24) is 5.32 Å². The largest absolute Gasteiger partial charge is 0.396 e. The highest BCUT2D eigenvalue weighted by Crippen LogP contribution is 2.34. The molecule has 1 amide bonds. The first-order chi connectivity index (χ1) is 9.63. The third kappa shape index (κ3) is 3.38. The van der Waals surface area contributed by atoms with Gasteiger partial charge in [-0.15, -0.1) is 0 Å². The Morgan fingerprint density at radius 2 is 2.05 bits per heavy atom. The van der Waals surface area contributed by atoms with Crippen molar-refractivity contribution in [1.29, 1.82) is 0 Å². The molecule has 1 aromatic carbocycles. The first-order valence-corrected chi connectivity index (χ1v) is 7.27. The number of nitrogens with one attached hydrogen (secondary N) is 1. The number of amides is 1. The van der Waals surface area contributed by atoms with Crippen LogP contribution in [0.3, 0.4) is 0 Å². The highest BCUT2D eigenvalue weighted by molar-refractivity contribution is 5.81. The van der Waals surface area contributed by atoms with Crippen molar-refractivity contribution < 1.29 is 15.0 Å². The van der Waals surface area contributed by atoms with Crippen LogP contribution in [-0.4, -0.2) is 28.8 Å². The molecule has 4 nitrogen and oxygen atoms in total. The van der Waals surface area contributed by atoms with Crippen LogP contribution in [0.25, 0.3) is 0 Å². The summed E-state index contributed by atoms with van der Waals surface area (Å²) in [5.74, 6) is -0.419. The van der Waals surface area contributed by atoms with Crippen LogP contribution in [0.5, 0.6) is 0 Å². The summed E-state index contributed by atoms with van der Waals surface area (Å²) in [4.78, 5) is 12.1. The molecule has 1 saturated carbocycles. The molecular weight excluding hydrogens is 254 g/mol. The van der Waals surface area contributed by atoms with E-state index in [1.165, 1.54) is 0 Å². The van der Waals surface area contributed by atoms with E-state index in [0.717, 1.165) is 24.8 Å². The van der Waals surface area contributed by atoms with Crippen molar-refractivity contribution >= 4 is 5.91 Å². The molecular formula is C16H23NO3. The molecule has 20 heavy (non-hydrogen) atoms. The van der Waals surface area contributed by atoms with E-state index in [2.05, 4.69) is 5.32 Å². The maximum atomic E-state index is 12.1. The zero-order valence-corrected chi connectivity index (χ0v) is 11.8. The standard InChI is InChI=1S/C16H23NO3/c1-11(12-6-3-2-4-7-12)17-16(20)15(19)14-9-5-8-13(14)10-18/h2-4,6-7,11,13-15,18-19H,5,8-10H2,1H3,(H,17,20)/t11-,13-,14-,15+/m0/s1. The Morgan fingerprint density at radius 1 is 1.35 bits per heavy atom. The molecule has 0 unspecified atom stereocenters. The highest BCUT2D eigenvalue weighted by Gasteiger charge is 2.36. The van der Waals surface area contributed by atoms with Crippen LogP contribution in [0.4, 0.5) is 0 Å². The number of aliphatic hydroxyl groups excluding tert-OH is 2. The van der Waals surface area contributed by atoms with Crippen molar-refractivity contribution in [3.05, 3.63) is 35.9 Å². The lowest BCUT2D eigenvalue weighted by atomic mass is 9.90. The van der Waals surface area contributed by atoms with Crippen LogP contribution in [-0.2, 0) is 4.79 Å². The molecule has 0 aliphatic heterocycles. The van der Waals surface area contributed by atoms with Crippen LogP contribution in [0, 0.1) is 11.8 Å². The summed E-state index contributed by atoms with van der Waals surface area (Å²) in [7, 11) is 0. The zero-order valence-electron chi connectivity index (χ0n) is 11.8. The molecule has 3 N–H and O–H groups in total. The Bertz CT molecular complexity index is 435. The Labute approximate surface area is 119 Å². The van der Waals surface area contributed by atoms with Crippen molar-refractivity contribution in [3.8, 4) is 0 Å². The second-order valence-electron chi connectivity index (χ2n) is 5.62. The maximum Gasteiger partial charge on any atom is 0.249 e. The van der Waals surface area contributed by atoms with E-state index in [9.17, 15) is 15.0 Å². The van der Waals surface area contributed by atoms with Crippen LogP contribution in [0.2, 0.25) is 0 Å². The second kappa shape index (κ2) is 6.86. The van der Waals surface area contributed by atoms with Gasteiger partial charge in [0.25, 0.3) is 0 Å². The zero-order chi connectivity index (χ0) is 14.5. The van der Waals surface area contributed by atoms with Crippen LogP contribution >= 0.6 is 0 Å². The van der Waals surface area contributed by atoms with Gasteiger partial charge in [0.2, 0.25) is 5.91 Å². The van der Waals surface area contributed by atoms with Gasteiger partial charge >= 0.3 is 0 Å². The maximum absolute atomic E-state index is 12.1. The lowest BCUT2D eigenvalue weighted by molar-refractivity contribution is -0.133. The van der Waals surface area contributed by atoms with Gasteiger partial charge < -0.3 is 15.5 Å². The minimum absolute atomic E-state index is 0.0442. The Kier molecular flexibility index (Phi) is 5.15. The predicted octanol–water partition coefficient (Wildman–Crippen LogP) is 1.63. The summed E-state index contributed by atoms with van der Waals surface area (Å²) in [6.07, 6.45) is 1.63. The normalized spacial score (nSPS) is 25.1. The molecule has 0 saturated heterocycles. The minimum Gasteiger partial charge on any atom is -0.396 e. The number of hydrogen-bond acceptors (Lipinski definition) is 3. The molecule has 1 aromatic rings. The van der Waals surface area contributed by atoms with Crippen molar-refractivity contribution in [3.63, 3.8) is 0 Å². The van der Waals surface area contributed by atoms with E-state index >= 15 is 0 Å². The first kappa shape index (κ1) is 15.0.